The molecule has 212 valence electrons. The molecule has 5 heterocycles. The summed E-state index contributed by atoms with van der Waals surface area (Å²) in [7, 11) is 0. The van der Waals surface area contributed by atoms with E-state index in [2.05, 4.69) is 31.1 Å². The minimum atomic E-state index is -0.934. The Labute approximate surface area is 240 Å². The molecule has 2 fully saturated rings. The van der Waals surface area contributed by atoms with Gasteiger partial charge in [-0.2, -0.15) is 4.98 Å². The molecule has 10 nitrogen and oxygen atoms in total. The zero-order chi connectivity index (χ0) is 28.5. The van der Waals surface area contributed by atoms with Gasteiger partial charge in [-0.1, -0.05) is 18.2 Å². The Morgan fingerprint density at radius 2 is 2.12 bits per heavy atom. The summed E-state index contributed by atoms with van der Waals surface area (Å²) in [6.07, 6.45) is 1.12. The standard InChI is InChI=1S/C29H29FN6O4S/c1-18-14-35(25-4-3-5-27(32-25)40-17-19-6-7-20(31-2)12-22(19)30)10-9-34(18)16-26-33-28-23(13-24(41-28)29(37)38)36(26)15-21-8-11-39-21/h3-7,12-13,18,21H,8-11,14-17H2,1H3,(H,37,38). The van der Waals surface area contributed by atoms with Gasteiger partial charge in [0.15, 0.2) is 5.69 Å². The van der Waals surface area contributed by atoms with Gasteiger partial charge in [0.1, 0.15) is 33.8 Å². The number of aromatic nitrogens is 3. The number of hydrogen-bond donors (Lipinski definition) is 1. The summed E-state index contributed by atoms with van der Waals surface area (Å²) >= 11 is 1.21. The summed E-state index contributed by atoms with van der Waals surface area (Å²) < 4.78 is 27.8. The summed E-state index contributed by atoms with van der Waals surface area (Å²) in [4.78, 5) is 29.9. The second-order valence-electron chi connectivity index (χ2n) is 10.3. The summed E-state index contributed by atoms with van der Waals surface area (Å²) in [5.74, 6) is 0.721. The van der Waals surface area contributed by atoms with Crippen molar-refractivity contribution < 1.29 is 23.8 Å². The third kappa shape index (κ3) is 5.74. The van der Waals surface area contributed by atoms with Crippen LogP contribution < -0.4 is 9.64 Å². The molecule has 2 unspecified atom stereocenters. The average Bonchev–Trinajstić information content (AvgIpc) is 3.49. The van der Waals surface area contributed by atoms with E-state index in [1.165, 1.54) is 17.4 Å². The van der Waals surface area contributed by atoms with Crippen LogP contribution in [0.2, 0.25) is 0 Å². The zero-order valence-corrected chi connectivity index (χ0v) is 23.3. The lowest BCUT2D eigenvalue weighted by Crippen LogP contribution is -2.52. The number of pyridine rings is 1. The van der Waals surface area contributed by atoms with Crippen molar-refractivity contribution in [1.82, 2.24) is 19.4 Å². The lowest BCUT2D eigenvalue weighted by Gasteiger charge is -2.40. The molecule has 4 aromatic rings. The Hall–Kier alpha value is -4.05. The molecule has 41 heavy (non-hydrogen) atoms. The van der Waals surface area contributed by atoms with Crippen molar-refractivity contribution in [2.45, 2.75) is 45.2 Å². The van der Waals surface area contributed by atoms with Crippen molar-refractivity contribution in [3.63, 3.8) is 0 Å². The van der Waals surface area contributed by atoms with Gasteiger partial charge >= 0.3 is 5.97 Å². The third-order valence-corrected chi connectivity index (χ3v) is 8.61. The summed E-state index contributed by atoms with van der Waals surface area (Å²) in [6, 6.07) is 11.8. The number of anilines is 1. The van der Waals surface area contributed by atoms with E-state index in [1.807, 2.05) is 12.1 Å². The van der Waals surface area contributed by atoms with Gasteiger partial charge in [0, 0.05) is 43.9 Å². The van der Waals surface area contributed by atoms with Crippen LogP contribution in [0.5, 0.6) is 5.88 Å². The Balaban J connectivity index is 1.11. The molecule has 2 aliphatic heterocycles. The average molecular weight is 577 g/mol. The van der Waals surface area contributed by atoms with Gasteiger partial charge in [-0.25, -0.2) is 19.0 Å². The molecule has 0 radical (unpaired) electrons. The van der Waals surface area contributed by atoms with Crippen LogP contribution in [0.1, 0.15) is 34.4 Å². The predicted octanol–water partition coefficient (Wildman–Crippen LogP) is 4.96. The normalized spacial score (nSPS) is 19.2. The summed E-state index contributed by atoms with van der Waals surface area (Å²) in [5, 5.41) is 9.45. The van der Waals surface area contributed by atoms with E-state index in [0.29, 0.717) is 29.4 Å². The molecule has 1 aromatic carbocycles. The first-order valence-corrected chi connectivity index (χ1v) is 14.3. The van der Waals surface area contributed by atoms with Crippen LogP contribution in [0.4, 0.5) is 15.9 Å². The SMILES string of the molecule is [C-]#[N+]c1ccc(COc2cccc(N3CCN(Cc4nc5sc(C(=O)O)cc5n4CC4CCO4)C(C)C3)n2)c(F)c1. The first-order chi connectivity index (χ1) is 19.9. The number of carboxylic acid groups (broad SMARTS) is 1. The molecule has 2 aliphatic rings. The minimum absolute atomic E-state index is 0.0225. The van der Waals surface area contributed by atoms with Crippen molar-refractivity contribution in [1.29, 1.82) is 0 Å². The van der Waals surface area contributed by atoms with Crippen LogP contribution in [-0.2, 0) is 24.4 Å². The predicted molar refractivity (Wildman–Crippen MR) is 152 cm³/mol. The maximum absolute atomic E-state index is 14.3. The highest BCUT2D eigenvalue weighted by molar-refractivity contribution is 7.20. The number of rotatable bonds is 9. The molecular weight excluding hydrogens is 547 g/mol. The van der Waals surface area contributed by atoms with Crippen LogP contribution >= 0.6 is 11.3 Å². The van der Waals surface area contributed by atoms with Crippen molar-refractivity contribution in [3.05, 3.63) is 76.0 Å². The van der Waals surface area contributed by atoms with Gasteiger partial charge < -0.3 is 24.0 Å². The molecule has 0 aliphatic carbocycles. The second kappa shape index (κ2) is 11.4. The number of ether oxygens (including phenoxy) is 2. The van der Waals surface area contributed by atoms with E-state index >= 15 is 0 Å². The van der Waals surface area contributed by atoms with Crippen molar-refractivity contribution in [3.8, 4) is 5.88 Å². The highest BCUT2D eigenvalue weighted by atomic mass is 32.1. The van der Waals surface area contributed by atoms with Gasteiger partial charge in [-0.3, -0.25) is 4.90 Å². The first kappa shape index (κ1) is 27.1. The van der Waals surface area contributed by atoms with Crippen LogP contribution in [-0.4, -0.2) is 68.9 Å². The third-order valence-electron chi connectivity index (χ3n) is 7.60. The van der Waals surface area contributed by atoms with Gasteiger partial charge in [0.25, 0.3) is 0 Å². The van der Waals surface area contributed by atoms with E-state index in [9.17, 15) is 14.3 Å². The molecular formula is C29H29FN6O4S. The van der Waals surface area contributed by atoms with Crippen molar-refractivity contribution >= 4 is 39.2 Å². The number of fused-ring (bicyclic) bond motifs is 1. The zero-order valence-electron chi connectivity index (χ0n) is 22.5. The number of piperazine rings is 1. The van der Waals surface area contributed by atoms with Gasteiger partial charge in [-0.15, -0.1) is 11.3 Å². The van der Waals surface area contributed by atoms with Crippen molar-refractivity contribution in [2.24, 2.45) is 0 Å². The van der Waals surface area contributed by atoms with Crippen LogP contribution in [0, 0.1) is 12.4 Å². The summed E-state index contributed by atoms with van der Waals surface area (Å²) in [5.41, 5.74) is 1.48. The molecule has 0 saturated carbocycles. The van der Waals surface area contributed by atoms with E-state index in [4.69, 9.17) is 21.0 Å². The molecule has 0 bridgehead atoms. The van der Waals surface area contributed by atoms with Gasteiger partial charge in [0.2, 0.25) is 5.88 Å². The number of thiophene rings is 1. The molecule has 0 amide bonds. The number of halogens is 1. The molecule has 6 rings (SSSR count). The maximum Gasteiger partial charge on any atom is 0.346 e. The number of aromatic carboxylic acids is 1. The second-order valence-corrected chi connectivity index (χ2v) is 11.3. The Kier molecular flexibility index (Phi) is 7.57. The number of nitrogens with zero attached hydrogens (tertiary/aromatic N) is 6. The fourth-order valence-electron chi connectivity index (χ4n) is 5.18. The van der Waals surface area contributed by atoms with Crippen LogP contribution in [0.25, 0.3) is 15.2 Å². The fraction of sp³-hybridized carbons (Fsp3) is 0.379. The summed E-state index contributed by atoms with van der Waals surface area (Å²) in [6.45, 7) is 13.6. The molecule has 2 saturated heterocycles. The van der Waals surface area contributed by atoms with Crippen molar-refractivity contribution in [2.75, 3.05) is 31.1 Å². The Morgan fingerprint density at radius 3 is 2.83 bits per heavy atom. The number of carboxylic acids is 1. The Bertz CT molecular complexity index is 1630. The molecule has 0 spiro atoms. The first-order valence-electron chi connectivity index (χ1n) is 13.5. The number of imidazole rings is 1. The van der Waals surface area contributed by atoms with E-state index < -0.39 is 11.8 Å². The van der Waals surface area contributed by atoms with E-state index in [1.54, 1.807) is 24.3 Å². The van der Waals surface area contributed by atoms with Crippen LogP contribution in [0.3, 0.4) is 0 Å². The highest BCUT2D eigenvalue weighted by Gasteiger charge is 2.29. The number of hydrogen-bond acceptors (Lipinski definition) is 8. The lowest BCUT2D eigenvalue weighted by atomic mass is 10.1. The highest BCUT2D eigenvalue weighted by Crippen LogP contribution is 2.30. The monoisotopic (exact) mass is 576 g/mol. The van der Waals surface area contributed by atoms with E-state index in [-0.39, 0.29) is 24.4 Å². The lowest BCUT2D eigenvalue weighted by molar-refractivity contribution is -0.0592. The number of benzene rings is 1. The molecule has 2 atom stereocenters. The molecule has 1 N–H and O–H groups in total. The molecule has 3 aromatic heterocycles. The largest absolute Gasteiger partial charge is 0.477 e. The van der Waals surface area contributed by atoms with Gasteiger partial charge in [0.05, 0.1) is 31.3 Å². The fourth-order valence-corrected chi connectivity index (χ4v) is 6.07. The Morgan fingerprint density at radius 1 is 1.27 bits per heavy atom. The minimum Gasteiger partial charge on any atom is -0.477 e. The molecule has 12 heteroatoms. The quantitative estimate of drug-likeness (QED) is 0.280. The number of carbonyl (C=O) groups is 1. The maximum atomic E-state index is 14.3. The topological polar surface area (TPSA) is 97.3 Å². The smallest absolute Gasteiger partial charge is 0.346 e. The van der Waals surface area contributed by atoms with E-state index in [0.717, 1.165) is 54.7 Å². The van der Waals surface area contributed by atoms with Gasteiger partial charge in [-0.05, 0) is 31.5 Å². The van der Waals surface area contributed by atoms with Crippen LogP contribution in [0.15, 0.2) is 42.5 Å².